The zero-order valence-electron chi connectivity index (χ0n) is 14.4. The predicted octanol–water partition coefficient (Wildman–Crippen LogP) is 6.79. The molecule has 1 unspecified atom stereocenters. The minimum absolute atomic E-state index is 0. The van der Waals surface area contributed by atoms with Crippen molar-refractivity contribution in [1.29, 1.82) is 4.35 Å². The topological polar surface area (TPSA) is 42.3 Å². The molecule has 0 aromatic heterocycles. The van der Waals surface area contributed by atoms with Gasteiger partial charge in [0.15, 0.2) is 0 Å². The summed E-state index contributed by atoms with van der Waals surface area (Å²) in [4.78, 5) is 0. The van der Waals surface area contributed by atoms with Gasteiger partial charge in [-0.2, -0.15) is 13.2 Å². The van der Waals surface area contributed by atoms with E-state index >= 15 is 0 Å². The second kappa shape index (κ2) is 21.1. The van der Waals surface area contributed by atoms with E-state index in [1.165, 1.54) is 6.26 Å². The Morgan fingerprint density at radius 1 is 1.08 bits per heavy atom. The third-order valence-corrected chi connectivity index (χ3v) is 2.70. The van der Waals surface area contributed by atoms with Crippen molar-refractivity contribution >= 4 is 94.1 Å². The maximum absolute atomic E-state index is 11.2. The van der Waals surface area contributed by atoms with Crippen LogP contribution < -0.4 is 0 Å². The molecule has 0 saturated heterocycles. The Morgan fingerprint density at radius 3 is 1.54 bits per heavy atom. The third kappa shape index (κ3) is 36.4. The summed E-state index contributed by atoms with van der Waals surface area (Å²) in [6, 6.07) is 0. The van der Waals surface area contributed by atoms with Gasteiger partial charge < -0.3 is 9.47 Å². The van der Waals surface area contributed by atoms with E-state index in [9.17, 15) is 13.2 Å². The average molecular weight is 518 g/mol. The SMILES string of the molecule is C=COCC.CCOC(Cl)CC(C)(Cl)Cl.FC(F)(F)C(Cl)(Cl)Cl.[B].[NH]=[Al]. The van der Waals surface area contributed by atoms with Crippen LogP contribution in [0, 0.1) is 4.35 Å². The van der Waals surface area contributed by atoms with Crippen LogP contribution in [-0.4, -0.2) is 57.6 Å². The van der Waals surface area contributed by atoms with Gasteiger partial charge in [0.2, 0.25) is 0 Å². The van der Waals surface area contributed by atoms with Crippen molar-refractivity contribution in [1.82, 2.24) is 0 Å². The summed E-state index contributed by atoms with van der Waals surface area (Å²) < 4.78 is 44.8. The summed E-state index contributed by atoms with van der Waals surface area (Å²) in [5.41, 5.74) is -0.384. The van der Waals surface area contributed by atoms with Gasteiger partial charge in [-0.3, -0.25) is 0 Å². The molecule has 1 atom stereocenters. The Morgan fingerprint density at radius 2 is 1.42 bits per heavy atom. The van der Waals surface area contributed by atoms with Crippen LogP contribution in [0.3, 0.4) is 0 Å². The Labute approximate surface area is 193 Å². The monoisotopic (exact) mass is 515 g/mol. The van der Waals surface area contributed by atoms with Crippen molar-refractivity contribution in [2.75, 3.05) is 13.2 Å². The van der Waals surface area contributed by atoms with E-state index in [0.29, 0.717) is 13.0 Å². The fourth-order valence-corrected chi connectivity index (χ4v) is 1.51. The van der Waals surface area contributed by atoms with Crippen LogP contribution in [-0.2, 0) is 9.47 Å². The zero-order valence-corrected chi connectivity index (χ0v) is 20.0. The van der Waals surface area contributed by atoms with Gasteiger partial charge >= 0.3 is 26.6 Å². The summed E-state index contributed by atoms with van der Waals surface area (Å²) in [7, 11) is 0. The second-order valence-electron chi connectivity index (χ2n) is 3.76. The van der Waals surface area contributed by atoms with Crippen molar-refractivity contribution in [3.63, 3.8) is 0 Å². The third-order valence-electron chi connectivity index (χ3n) is 1.47. The molecule has 154 valence electrons. The van der Waals surface area contributed by atoms with Gasteiger partial charge in [0.05, 0.1) is 12.9 Å². The van der Waals surface area contributed by atoms with Gasteiger partial charge in [0, 0.05) is 21.4 Å². The normalized spacial score (nSPS) is 11.7. The van der Waals surface area contributed by atoms with E-state index < -0.39 is 14.3 Å². The van der Waals surface area contributed by atoms with Crippen molar-refractivity contribution in [3.8, 4) is 0 Å². The van der Waals surface area contributed by atoms with Gasteiger partial charge in [-0.1, -0.05) is 53.0 Å². The molecule has 26 heavy (non-hydrogen) atoms. The maximum atomic E-state index is 11.2. The van der Waals surface area contributed by atoms with E-state index in [2.05, 4.69) is 46.1 Å². The fraction of sp³-hybridized carbons (Fsp3) is 0.833. The number of hydrogen-bond donors (Lipinski definition) is 1. The molecule has 0 amide bonds. The molecule has 0 aliphatic rings. The molecular formula is C12H20AlBCl6F3NO2. The van der Waals surface area contributed by atoms with Crippen LogP contribution in [0.25, 0.3) is 0 Å². The van der Waals surface area contributed by atoms with E-state index in [1.807, 2.05) is 13.8 Å². The van der Waals surface area contributed by atoms with E-state index in [1.54, 1.807) is 23.0 Å². The van der Waals surface area contributed by atoms with E-state index in [-0.39, 0.29) is 14.0 Å². The second-order valence-corrected chi connectivity index (χ2v) is 8.39. The van der Waals surface area contributed by atoms with Crippen molar-refractivity contribution < 1.29 is 22.6 Å². The number of nitrogens with one attached hydrogen (secondary N) is 1. The fourth-order valence-electron chi connectivity index (χ4n) is 0.639. The van der Waals surface area contributed by atoms with E-state index in [4.69, 9.17) is 43.9 Å². The molecule has 3 nitrogen and oxygen atoms in total. The standard InChI is InChI=1S/C6H11Cl3O.C4H8O.C2Cl3F3.Al.B.HN/c1-3-10-5(7)4-6(2,8)9;1-3-5-4-2;3-1(4,5)2(6,7)8;;;/h5H,3-4H2,1-2H3;3H,1,4H2,2H3;;;;1H. The van der Waals surface area contributed by atoms with Crippen LogP contribution in [0.2, 0.25) is 0 Å². The first-order valence-electron chi connectivity index (χ1n) is 6.40. The van der Waals surface area contributed by atoms with Gasteiger partial charge in [0.1, 0.15) is 9.90 Å². The van der Waals surface area contributed by atoms with Crippen LogP contribution in [0.1, 0.15) is 27.2 Å². The molecule has 1 N–H and O–H groups in total. The molecule has 0 aliphatic carbocycles. The summed E-state index contributed by atoms with van der Waals surface area (Å²) in [6.45, 7) is 10.1. The Balaban J connectivity index is -0.0000000828. The van der Waals surface area contributed by atoms with Gasteiger partial charge in [-0.15, -0.1) is 23.2 Å². The van der Waals surface area contributed by atoms with Gasteiger partial charge in [-0.25, -0.2) is 0 Å². The summed E-state index contributed by atoms with van der Waals surface area (Å²) in [5, 5.41) is 0. The first-order chi connectivity index (χ1) is 11.1. The molecule has 0 spiro atoms. The molecule has 0 bridgehead atoms. The zero-order chi connectivity index (χ0) is 21.3. The molecule has 14 heteroatoms. The van der Waals surface area contributed by atoms with Crippen LogP contribution in [0.5, 0.6) is 0 Å². The van der Waals surface area contributed by atoms with Crippen LogP contribution in [0.15, 0.2) is 12.8 Å². The van der Waals surface area contributed by atoms with Gasteiger partial charge in [-0.05, 0) is 20.8 Å². The number of rotatable bonds is 6. The predicted molar refractivity (Wildman–Crippen MR) is 108 cm³/mol. The summed E-state index contributed by atoms with van der Waals surface area (Å²) in [5.74, 6) is 0. The Kier molecular flexibility index (Phi) is 31.0. The molecule has 0 heterocycles. The number of halogens is 9. The number of hydrogen-bond acceptors (Lipinski definition) is 3. The minimum atomic E-state index is -4.77. The van der Waals surface area contributed by atoms with E-state index in [0.717, 1.165) is 6.61 Å². The van der Waals surface area contributed by atoms with Crippen LogP contribution in [0.4, 0.5) is 13.2 Å². The first-order valence-corrected chi connectivity index (χ1v) is 9.31. The van der Waals surface area contributed by atoms with Crippen molar-refractivity contribution in [2.45, 2.75) is 47.1 Å². The quantitative estimate of drug-likeness (QED) is 0.239. The molecule has 0 rings (SSSR count). The molecule has 0 saturated carbocycles. The first kappa shape index (κ1) is 38.1. The van der Waals surface area contributed by atoms with Gasteiger partial charge in [0.25, 0.3) is 3.79 Å². The summed E-state index contributed by atoms with van der Waals surface area (Å²) >= 11 is 31.9. The molecule has 0 aromatic rings. The van der Waals surface area contributed by atoms with Crippen LogP contribution >= 0.6 is 69.6 Å². The molecule has 0 fully saturated rings. The number of ether oxygens (including phenoxy) is 2. The summed E-state index contributed by atoms with van der Waals surface area (Å²) in [6.07, 6.45) is -2.90. The molecule has 4 radical (unpaired) electrons. The Bertz CT molecular complexity index is 309. The number of alkyl halides is 9. The van der Waals surface area contributed by atoms with Crippen molar-refractivity contribution in [3.05, 3.63) is 12.8 Å². The molecule has 0 aliphatic heterocycles. The Hall–Kier alpha value is 1.43. The average Bonchev–Trinajstić information content (AvgIpc) is 2.39. The molecular weight excluding hydrogens is 498 g/mol. The van der Waals surface area contributed by atoms with Crippen molar-refractivity contribution in [2.24, 2.45) is 0 Å². The molecule has 0 aromatic carbocycles.